The van der Waals surface area contributed by atoms with Crippen LogP contribution in [0.2, 0.25) is 0 Å². The summed E-state index contributed by atoms with van der Waals surface area (Å²) >= 11 is 0. The van der Waals surface area contributed by atoms with Gasteiger partial charge in [0.05, 0.1) is 12.6 Å². The molecule has 10 heteroatoms. The maximum absolute atomic E-state index is 13.2. The predicted molar refractivity (Wildman–Crippen MR) is 98.2 cm³/mol. The lowest BCUT2D eigenvalue weighted by Crippen LogP contribution is -2.43. The number of hydrogen-bond acceptors (Lipinski definition) is 2. The van der Waals surface area contributed by atoms with Crippen LogP contribution in [0.25, 0.3) is 0 Å². The highest BCUT2D eigenvalue weighted by Gasteiger charge is 2.28. The van der Waals surface area contributed by atoms with Crippen molar-refractivity contribution in [2.45, 2.75) is 19.1 Å². The van der Waals surface area contributed by atoms with Crippen LogP contribution in [0.3, 0.4) is 0 Å². The fourth-order valence-corrected chi connectivity index (χ4v) is 2.02. The number of alkyl halides is 3. The first kappa shape index (κ1) is 23.8. The molecular formula is C15H22F5IN4. The van der Waals surface area contributed by atoms with Crippen molar-refractivity contribution in [2.75, 3.05) is 33.7 Å². The minimum Gasteiger partial charge on any atom is -0.355 e. The highest BCUT2D eigenvalue weighted by molar-refractivity contribution is 14.0. The van der Waals surface area contributed by atoms with E-state index >= 15 is 0 Å². The first-order chi connectivity index (χ1) is 11.1. The van der Waals surface area contributed by atoms with Gasteiger partial charge in [0.15, 0.2) is 17.6 Å². The highest BCUT2D eigenvalue weighted by atomic mass is 127. The second-order valence-electron chi connectivity index (χ2n) is 5.39. The van der Waals surface area contributed by atoms with Crippen molar-refractivity contribution in [3.63, 3.8) is 0 Å². The van der Waals surface area contributed by atoms with Crippen LogP contribution in [0, 0.1) is 11.6 Å². The molecule has 0 aliphatic rings. The van der Waals surface area contributed by atoms with Crippen LogP contribution in [-0.4, -0.2) is 50.8 Å². The molecule has 0 saturated carbocycles. The van der Waals surface area contributed by atoms with Crippen LogP contribution in [0.4, 0.5) is 22.0 Å². The number of guanidine groups is 1. The lowest BCUT2D eigenvalue weighted by Gasteiger charge is -2.21. The van der Waals surface area contributed by atoms with Crippen molar-refractivity contribution in [1.29, 1.82) is 0 Å². The van der Waals surface area contributed by atoms with Crippen LogP contribution >= 0.6 is 24.0 Å². The second kappa shape index (κ2) is 10.7. The topological polar surface area (TPSA) is 39.7 Å². The van der Waals surface area contributed by atoms with E-state index < -0.39 is 24.4 Å². The van der Waals surface area contributed by atoms with Crippen molar-refractivity contribution < 1.29 is 22.0 Å². The summed E-state index contributed by atoms with van der Waals surface area (Å²) in [5, 5.41) is 5.84. The molecule has 0 aliphatic heterocycles. The third-order valence-corrected chi connectivity index (χ3v) is 3.26. The number of benzene rings is 1. The fourth-order valence-electron chi connectivity index (χ4n) is 2.02. The maximum Gasteiger partial charge on any atom is 0.401 e. The van der Waals surface area contributed by atoms with Gasteiger partial charge in [0.1, 0.15) is 0 Å². The molecule has 0 bridgehead atoms. The molecular weight excluding hydrogens is 458 g/mol. The molecule has 0 aromatic heterocycles. The Balaban J connectivity index is 0.00000576. The van der Waals surface area contributed by atoms with Gasteiger partial charge < -0.3 is 10.6 Å². The Labute approximate surface area is 160 Å². The molecule has 144 valence electrons. The number of hydrogen-bond donors (Lipinski definition) is 2. The standard InChI is InChI=1S/C15H21F5N4.HI/c1-10(11-4-5-12(16)13(17)8-11)23-14(21-2)22-6-7-24(3)9-15(18,19)20;/h4-5,8,10H,6-7,9H2,1-3H3,(H2,21,22,23);1H. The van der Waals surface area contributed by atoms with Gasteiger partial charge >= 0.3 is 6.18 Å². The maximum atomic E-state index is 13.2. The number of aliphatic imine (C=N–C) groups is 1. The minimum absolute atomic E-state index is 0. The fraction of sp³-hybridized carbons (Fsp3) is 0.533. The molecule has 25 heavy (non-hydrogen) atoms. The molecule has 0 saturated heterocycles. The van der Waals surface area contributed by atoms with Gasteiger partial charge in [0, 0.05) is 20.1 Å². The molecule has 1 rings (SSSR count). The monoisotopic (exact) mass is 480 g/mol. The zero-order chi connectivity index (χ0) is 18.3. The summed E-state index contributed by atoms with van der Waals surface area (Å²) in [6, 6.07) is 3.20. The van der Waals surface area contributed by atoms with Crippen LogP contribution in [0.1, 0.15) is 18.5 Å². The number of rotatable bonds is 6. The average Bonchev–Trinajstić information content (AvgIpc) is 2.46. The quantitative estimate of drug-likeness (QED) is 0.284. The molecule has 0 aliphatic carbocycles. The van der Waals surface area contributed by atoms with E-state index in [0.29, 0.717) is 11.5 Å². The molecule has 1 unspecified atom stereocenters. The van der Waals surface area contributed by atoms with Gasteiger partial charge in [-0.05, 0) is 31.7 Å². The summed E-state index contributed by atoms with van der Waals surface area (Å²) in [5.41, 5.74) is 0.519. The van der Waals surface area contributed by atoms with Crippen LogP contribution in [0.5, 0.6) is 0 Å². The van der Waals surface area contributed by atoms with E-state index in [1.807, 2.05) is 0 Å². The van der Waals surface area contributed by atoms with Crippen molar-refractivity contribution in [2.24, 2.45) is 4.99 Å². The largest absolute Gasteiger partial charge is 0.401 e. The zero-order valence-corrected chi connectivity index (χ0v) is 16.5. The van der Waals surface area contributed by atoms with Crippen LogP contribution < -0.4 is 10.6 Å². The van der Waals surface area contributed by atoms with Gasteiger partial charge in [0.2, 0.25) is 0 Å². The molecule has 0 amide bonds. The lowest BCUT2D eigenvalue weighted by atomic mass is 10.1. The molecule has 0 spiro atoms. The molecule has 0 heterocycles. The Hall–Kier alpha value is -1.17. The van der Waals surface area contributed by atoms with E-state index in [1.54, 1.807) is 6.92 Å². The van der Waals surface area contributed by atoms with Gasteiger partial charge in [0.25, 0.3) is 0 Å². The summed E-state index contributed by atoms with van der Waals surface area (Å²) in [7, 11) is 2.88. The number of halogens is 6. The van der Waals surface area contributed by atoms with E-state index in [0.717, 1.165) is 17.0 Å². The molecule has 1 aromatic rings. The Morgan fingerprint density at radius 3 is 2.40 bits per heavy atom. The molecule has 2 N–H and O–H groups in total. The Kier molecular flexibility index (Phi) is 10.2. The summed E-state index contributed by atoms with van der Waals surface area (Å²) in [5.74, 6) is -1.52. The first-order valence-corrected chi connectivity index (χ1v) is 7.30. The summed E-state index contributed by atoms with van der Waals surface area (Å²) < 4.78 is 62.8. The molecule has 0 fully saturated rings. The molecule has 1 atom stereocenters. The van der Waals surface area contributed by atoms with Crippen molar-refractivity contribution in [3.8, 4) is 0 Å². The van der Waals surface area contributed by atoms with E-state index in [-0.39, 0.29) is 43.1 Å². The first-order valence-electron chi connectivity index (χ1n) is 7.30. The number of nitrogens with one attached hydrogen (secondary N) is 2. The SMILES string of the molecule is CN=C(NCCN(C)CC(F)(F)F)NC(C)c1ccc(F)c(F)c1.I. The highest BCUT2D eigenvalue weighted by Crippen LogP contribution is 2.16. The lowest BCUT2D eigenvalue weighted by molar-refractivity contribution is -0.142. The summed E-state index contributed by atoms with van der Waals surface area (Å²) in [4.78, 5) is 5.09. The smallest absolute Gasteiger partial charge is 0.355 e. The molecule has 4 nitrogen and oxygen atoms in total. The van der Waals surface area contributed by atoms with Gasteiger partial charge in [-0.2, -0.15) is 13.2 Å². The van der Waals surface area contributed by atoms with Crippen molar-refractivity contribution in [3.05, 3.63) is 35.4 Å². The predicted octanol–water partition coefficient (Wildman–Crippen LogP) is 3.30. The summed E-state index contributed by atoms with van der Waals surface area (Å²) in [6.45, 7) is 1.15. The van der Waals surface area contributed by atoms with Crippen LogP contribution in [0.15, 0.2) is 23.2 Å². The van der Waals surface area contributed by atoms with E-state index in [4.69, 9.17) is 0 Å². The second-order valence-corrected chi connectivity index (χ2v) is 5.39. The Morgan fingerprint density at radius 1 is 1.24 bits per heavy atom. The summed E-state index contributed by atoms with van der Waals surface area (Å²) in [6.07, 6.45) is -4.24. The van der Waals surface area contributed by atoms with Gasteiger partial charge in [-0.3, -0.25) is 9.89 Å². The third-order valence-electron chi connectivity index (χ3n) is 3.26. The zero-order valence-electron chi connectivity index (χ0n) is 14.1. The van der Waals surface area contributed by atoms with Gasteiger partial charge in [-0.25, -0.2) is 8.78 Å². The Bertz CT molecular complexity index is 565. The minimum atomic E-state index is -4.24. The van der Waals surface area contributed by atoms with Gasteiger partial charge in [-0.1, -0.05) is 6.07 Å². The van der Waals surface area contributed by atoms with Crippen molar-refractivity contribution >= 4 is 29.9 Å². The van der Waals surface area contributed by atoms with Gasteiger partial charge in [-0.15, -0.1) is 24.0 Å². The van der Waals surface area contributed by atoms with Crippen molar-refractivity contribution in [1.82, 2.24) is 15.5 Å². The normalized spacial score (nSPS) is 13.4. The van der Waals surface area contributed by atoms with E-state index in [9.17, 15) is 22.0 Å². The Morgan fingerprint density at radius 2 is 1.88 bits per heavy atom. The van der Waals surface area contributed by atoms with E-state index in [2.05, 4.69) is 15.6 Å². The number of likely N-dealkylation sites (N-methyl/N-ethyl adjacent to an activating group) is 1. The average molecular weight is 480 g/mol. The third kappa shape index (κ3) is 9.19. The van der Waals surface area contributed by atoms with E-state index in [1.165, 1.54) is 20.2 Å². The number of nitrogens with zero attached hydrogens (tertiary/aromatic N) is 2. The molecule has 1 aromatic carbocycles. The van der Waals surface area contributed by atoms with Crippen LogP contribution in [-0.2, 0) is 0 Å². The molecule has 0 radical (unpaired) electrons.